The first-order chi connectivity index (χ1) is 10.1. The van der Waals surface area contributed by atoms with E-state index in [0.717, 1.165) is 15.5 Å². The molecule has 0 fully saturated rings. The van der Waals surface area contributed by atoms with E-state index in [9.17, 15) is 19.7 Å². The lowest BCUT2D eigenvalue weighted by molar-refractivity contribution is -0.384. The normalized spacial score (nSPS) is 10.7. The van der Waals surface area contributed by atoms with Crippen molar-refractivity contribution in [2.75, 3.05) is 0 Å². The highest BCUT2D eigenvalue weighted by molar-refractivity contribution is 7.14. The van der Waals surface area contributed by atoms with Crippen molar-refractivity contribution in [3.63, 3.8) is 0 Å². The van der Waals surface area contributed by atoms with Crippen LogP contribution < -0.4 is 5.56 Å². The zero-order chi connectivity index (χ0) is 15.0. The van der Waals surface area contributed by atoms with E-state index in [-0.39, 0.29) is 11.1 Å². The highest BCUT2D eigenvalue weighted by atomic mass is 32.1. The SMILES string of the molecule is O=C(c1ccccc1)n1sc2ccc([N+](=O)[O-])cc2c1=O. The minimum Gasteiger partial charge on any atom is -0.267 e. The Balaban J connectivity index is 2.17. The molecule has 7 heteroatoms. The van der Waals surface area contributed by atoms with Gasteiger partial charge in [0.25, 0.3) is 17.2 Å². The second-order valence-corrected chi connectivity index (χ2v) is 5.29. The second kappa shape index (κ2) is 4.95. The van der Waals surface area contributed by atoms with E-state index in [2.05, 4.69) is 0 Å². The van der Waals surface area contributed by atoms with Gasteiger partial charge in [-0.2, -0.15) is 3.96 Å². The van der Waals surface area contributed by atoms with Crippen molar-refractivity contribution in [1.82, 2.24) is 3.96 Å². The van der Waals surface area contributed by atoms with Crippen LogP contribution in [0.25, 0.3) is 10.1 Å². The van der Waals surface area contributed by atoms with Crippen molar-refractivity contribution < 1.29 is 9.72 Å². The Morgan fingerprint density at radius 2 is 1.86 bits per heavy atom. The van der Waals surface area contributed by atoms with Gasteiger partial charge in [0, 0.05) is 17.7 Å². The van der Waals surface area contributed by atoms with Crippen LogP contribution in [0.15, 0.2) is 53.3 Å². The molecule has 0 spiro atoms. The van der Waals surface area contributed by atoms with Crippen LogP contribution in [0.1, 0.15) is 10.4 Å². The van der Waals surface area contributed by atoms with Gasteiger partial charge in [-0.05, 0) is 29.7 Å². The van der Waals surface area contributed by atoms with E-state index in [0.29, 0.717) is 10.3 Å². The molecule has 0 unspecified atom stereocenters. The van der Waals surface area contributed by atoms with Crippen LogP contribution in [0.2, 0.25) is 0 Å². The molecule has 6 nitrogen and oxygen atoms in total. The number of aromatic nitrogens is 1. The van der Waals surface area contributed by atoms with Crippen molar-refractivity contribution in [1.29, 1.82) is 0 Å². The van der Waals surface area contributed by atoms with Gasteiger partial charge in [0.2, 0.25) is 0 Å². The molecule has 2 aromatic carbocycles. The van der Waals surface area contributed by atoms with E-state index in [1.807, 2.05) is 0 Å². The summed E-state index contributed by atoms with van der Waals surface area (Å²) in [5.74, 6) is -0.440. The number of rotatable bonds is 2. The summed E-state index contributed by atoms with van der Waals surface area (Å²) in [6, 6.07) is 12.4. The molecule has 1 heterocycles. The number of hydrogen-bond donors (Lipinski definition) is 0. The van der Waals surface area contributed by atoms with Crippen LogP contribution in [-0.4, -0.2) is 14.8 Å². The number of nitro groups is 1. The molecular formula is C14H8N2O4S. The van der Waals surface area contributed by atoms with Crippen molar-refractivity contribution in [3.8, 4) is 0 Å². The van der Waals surface area contributed by atoms with Gasteiger partial charge in [-0.3, -0.25) is 19.7 Å². The third kappa shape index (κ3) is 2.23. The van der Waals surface area contributed by atoms with Gasteiger partial charge in [0.1, 0.15) is 0 Å². The summed E-state index contributed by atoms with van der Waals surface area (Å²) in [5, 5.41) is 10.9. The Kier molecular flexibility index (Phi) is 3.11. The van der Waals surface area contributed by atoms with Gasteiger partial charge in [-0.15, -0.1) is 0 Å². The third-order valence-electron chi connectivity index (χ3n) is 2.98. The van der Waals surface area contributed by atoms with E-state index < -0.39 is 16.4 Å². The molecule has 3 aromatic rings. The summed E-state index contributed by atoms with van der Waals surface area (Å²) in [4.78, 5) is 34.7. The van der Waals surface area contributed by atoms with Crippen LogP contribution in [-0.2, 0) is 0 Å². The highest BCUT2D eigenvalue weighted by Gasteiger charge is 2.17. The maximum atomic E-state index is 12.3. The number of nitrogens with zero attached hydrogens (tertiary/aromatic N) is 2. The molecule has 3 rings (SSSR count). The van der Waals surface area contributed by atoms with E-state index in [1.165, 1.54) is 18.2 Å². The number of carbonyl (C=O) groups is 1. The van der Waals surface area contributed by atoms with Crippen LogP contribution in [0, 0.1) is 10.1 Å². The Morgan fingerprint density at radius 1 is 1.14 bits per heavy atom. The lowest BCUT2D eigenvalue weighted by Crippen LogP contribution is -2.21. The fraction of sp³-hybridized carbons (Fsp3) is 0. The quantitative estimate of drug-likeness (QED) is 0.538. The number of carbonyl (C=O) groups excluding carboxylic acids is 1. The van der Waals surface area contributed by atoms with E-state index >= 15 is 0 Å². The molecule has 0 saturated heterocycles. The molecule has 0 saturated carbocycles. The van der Waals surface area contributed by atoms with Crippen molar-refractivity contribution in [2.45, 2.75) is 0 Å². The molecule has 0 bridgehead atoms. The molecule has 0 aliphatic rings. The summed E-state index contributed by atoms with van der Waals surface area (Å²) in [5.41, 5.74) is -0.315. The fourth-order valence-corrected chi connectivity index (χ4v) is 2.90. The summed E-state index contributed by atoms with van der Waals surface area (Å²) in [6.07, 6.45) is 0. The first-order valence-corrected chi connectivity index (χ1v) is 6.75. The standard InChI is InChI=1S/C14H8N2O4S/c17-13(9-4-2-1-3-5-9)15-14(18)11-8-10(16(19)20)6-7-12(11)21-15/h1-8H. The topological polar surface area (TPSA) is 82.2 Å². The van der Waals surface area contributed by atoms with Gasteiger partial charge in [-0.25, -0.2) is 0 Å². The van der Waals surface area contributed by atoms with Gasteiger partial charge in [-0.1, -0.05) is 18.2 Å². The van der Waals surface area contributed by atoms with Gasteiger partial charge in [0.05, 0.1) is 15.0 Å². The number of benzene rings is 2. The fourth-order valence-electron chi connectivity index (χ4n) is 1.96. The molecule has 0 aliphatic heterocycles. The van der Waals surface area contributed by atoms with Crippen molar-refractivity contribution >= 4 is 33.2 Å². The number of non-ortho nitro benzene ring substituents is 1. The molecule has 0 N–H and O–H groups in total. The summed E-state index contributed by atoms with van der Waals surface area (Å²) in [6.45, 7) is 0. The monoisotopic (exact) mass is 300 g/mol. The van der Waals surface area contributed by atoms with Crippen molar-refractivity contribution in [3.05, 3.63) is 74.6 Å². The van der Waals surface area contributed by atoms with E-state index in [4.69, 9.17) is 0 Å². The van der Waals surface area contributed by atoms with E-state index in [1.54, 1.807) is 30.3 Å². The first-order valence-electron chi connectivity index (χ1n) is 5.98. The molecule has 104 valence electrons. The van der Waals surface area contributed by atoms with Gasteiger partial charge < -0.3 is 0 Å². The largest absolute Gasteiger partial charge is 0.276 e. The average Bonchev–Trinajstić information content (AvgIpc) is 2.84. The Bertz CT molecular complexity index is 912. The molecule has 0 radical (unpaired) electrons. The molecule has 0 aliphatic carbocycles. The van der Waals surface area contributed by atoms with Gasteiger partial charge in [0.15, 0.2) is 0 Å². The Morgan fingerprint density at radius 3 is 2.52 bits per heavy atom. The molecule has 0 atom stereocenters. The van der Waals surface area contributed by atoms with Crippen LogP contribution in [0.3, 0.4) is 0 Å². The maximum absolute atomic E-state index is 12.3. The number of nitro benzene ring substituents is 1. The second-order valence-electron chi connectivity index (χ2n) is 4.30. The Labute approximate surface area is 122 Å². The van der Waals surface area contributed by atoms with Crippen LogP contribution in [0.5, 0.6) is 0 Å². The molecule has 0 amide bonds. The third-order valence-corrected chi connectivity index (χ3v) is 4.05. The predicted molar refractivity (Wildman–Crippen MR) is 78.9 cm³/mol. The lowest BCUT2D eigenvalue weighted by Gasteiger charge is -1.98. The Hall–Kier alpha value is -2.80. The molecular weight excluding hydrogens is 292 g/mol. The summed E-state index contributed by atoms with van der Waals surface area (Å²) >= 11 is 0.979. The molecule has 1 aromatic heterocycles. The minimum absolute atomic E-state index is 0.170. The lowest BCUT2D eigenvalue weighted by atomic mass is 10.2. The first kappa shape index (κ1) is 13.2. The van der Waals surface area contributed by atoms with Crippen LogP contribution >= 0.6 is 11.5 Å². The van der Waals surface area contributed by atoms with Crippen LogP contribution in [0.4, 0.5) is 5.69 Å². The zero-order valence-electron chi connectivity index (χ0n) is 10.6. The predicted octanol–water partition coefficient (Wildman–Crippen LogP) is 2.66. The maximum Gasteiger partial charge on any atom is 0.276 e. The van der Waals surface area contributed by atoms with Gasteiger partial charge >= 0.3 is 0 Å². The number of fused-ring (bicyclic) bond motifs is 1. The highest BCUT2D eigenvalue weighted by Crippen LogP contribution is 2.22. The smallest absolute Gasteiger partial charge is 0.267 e. The summed E-state index contributed by atoms with van der Waals surface area (Å²) in [7, 11) is 0. The number of hydrogen-bond acceptors (Lipinski definition) is 5. The minimum atomic E-state index is -0.570. The molecule has 21 heavy (non-hydrogen) atoms. The van der Waals surface area contributed by atoms with Crippen molar-refractivity contribution in [2.24, 2.45) is 0 Å². The zero-order valence-corrected chi connectivity index (χ0v) is 11.4. The average molecular weight is 300 g/mol. The summed E-state index contributed by atoms with van der Waals surface area (Å²) < 4.78 is 1.55.